The number of ether oxygens (including phenoxy) is 1. The first kappa shape index (κ1) is 18.0. The molecular weight excluding hydrogens is 291 g/mol. The molecule has 2 rings (SSSR count). The van der Waals surface area contributed by atoms with Crippen LogP contribution in [0.5, 0.6) is 0 Å². The van der Waals surface area contributed by atoms with Crippen molar-refractivity contribution in [3.05, 3.63) is 29.3 Å². The largest absolute Gasteiger partial charge is 0.495 e. The number of unbranched alkanes of at least 4 members (excludes halogenated alkanes) is 1. The van der Waals surface area contributed by atoms with Crippen molar-refractivity contribution in [2.75, 3.05) is 7.11 Å². The van der Waals surface area contributed by atoms with Crippen molar-refractivity contribution in [1.29, 1.82) is 0 Å². The first-order valence-electron chi connectivity index (χ1n) is 8.28. The number of carbonyl (C=O) groups excluding carboxylic acids is 1. The lowest BCUT2D eigenvalue weighted by Crippen LogP contribution is -2.41. The maximum absolute atomic E-state index is 11.8. The Labute approximate surface area is 139 Å². The molecule has 0 unspecified atom stereocenters. The number of rotatable bonds is 5. The third-order valence-electron chi connectivity index (χ3n) is 4.87. The Morgan fingerprint density at radius 1 is 1.17 bits per heavy atom. The highest BCUT2D eigenvalue weighted by Gasteiger charge is 2.52. The molecule has 0 aliphatic carbocycles. The molecule has 1 fully saturated rings. The third-order valence-corrected chi connectivity index (χ3v) is 4.87. The second kappa shape index (κ2) is 6.66. The topological polar surface area (TPSA) is 44.8 Å². The Bertz CT molecular complexity index is 564. The van der Waals surface area contributed by atoms with E-state index in [1.165, 1.54) is 7.11 Å². The smallest absolute Gasteiger partial charge is 0.465 e. The van der Waals surface area contributed by atoms with Gasteiger partial charge in [-0.15, -0.1) is 0 Å². The summed E-state index contributed by atoms with van der Waals surface area (Å²) in [5.74, 6) is -0.316. The summed E-state index contributed by atoms with van der Waals surface area (Å²) in [4.78, 5) is 11.8. The maximum Gasteiger partial charge on any atom is 0.495 e. The van der Waals surface area contributed by atoms with Crippen LogP contribution in [0.25, 0.3) is 0 Å². The number of benzene rings is 1. The molecule has 5 heteroatoms. The van der Waals surface area contributed by atoms with Crippen LogP contribution >= 0.6 is 0 Å². The van der Waals surface area contributed by atoms with Crippen molar-refractivity contribution in [1.82, 2.24) is 0 Å². The van der Waals surface area contributed by atoms with Gasteiger partial charge < -0.3 is 14.0 Å². The van der Waals surface area contributed by atoms with Gasteiger partial charge in [-0.05, 0) is 63.7 Å². The fourth-order valence-electron chi connectivity index (χ4n) is 2.63. The van der Waals surface area contributed by atoms with E-state index < -0.39 is 7.12 Å². The highest BCUT2D eigenvalue weighted by Crippen LogP contribution is 2.36. The van der Waals surface area contributed by atoms with Gasteiger partial charge in [0, 0.05) is 0 Å². The number of esters is 1. The molecule has 0 amide bonds. The van der Waals surface area contributed by atoms with E-state index in [1.54, 1.807) is 6.07 Å². The van der Waals surface area contributed by atoms with Crippen LogP contribution in [0.2, 0.25) is 0 Å². The van der Waals surface area contributed by atoms with Crippen molar-refractivity contribution in [3.63, 3.8) is 0 Å². The van der Waals surface area contributed by atoms with Crippen LogP contribution in [-0.2, 0) is 20.5 Å². The monoisotopic (exact) mass is 318 g/mol. The quantitative estimate of drug-likeness (QED) is 0.618. The summed E-state index contributed by atoms with van der Waals surface area (Å²) in [6.07, 6.45) is 3.03. The summed E-state index contributed by atoms with van der Waals surface area (Å²) < 4.78 is 17.1. The van der Waals surface area contributed by atoms with Crippen LogP contribution in [0.15, 0.2) is 18.2 Å². The minimum absolute atomic E-state index is 0.316. The molecule has 0 aromatic heterocycles. The minimum Gasteiger partial charge on any atom is -0.465 e. The molecule has 126 valence electrons. The summed E-state index contributed by atoms with van der Waals surface area (Å²) in [6, 6.07) is 5.61. The van der Waals surface area contributed by atoms with Crippen LogP contribution in [-0.4, -0.2) is 31.4 Å². The normalized spacial score (nSPS) is 19.0. The molecule has 1 aliphatic heterocycles. The first-order chi connectivity index (χ1) is 10.7. The number of methoxy groups -OCH3 is 1. The standard InChI is InChI=1S/C18H27BO4/c1-7-8-9-13-12-14(16(20)21-6)10-11-15(13)19-22-17(2,3)18(4,5)23-19/h10-12H,7-9H2,1-6H3. The van der Waals surface area contributed by atoms with Crippen molar-refractivity contribution in [2.45, 2.75) is 65.1 Å². The van der Waals surface area contributed by atoms with Crippen LogP contribution in [0.3, 0.4) is 0 Å². The second-order valence-electron chi connectivity index (χ2n) is 7.10. The number of hydrogen-bond donors (Lipinski definition) is 0. The third kappa shape index (κ3) is 3.61. The van der Waals surface area contributed by atoms with Gasteiger partial charge in [0.1, 0.15) is 0 Å². The first-order valence-corrected chi connectivity index (χ1v) is 8.28. The predicted octanol–water partition coefficient (Wildman–Crippen LogP) is 3.12. The Morgan fingerprint density at radius 3 is 2.30 bits per heavy atom. The van der Waals surface area contributed by atoms with E-state index in [-0.39, 0.29) is 17.2 Å². The molecule has 0 saturated carbocycles. The van der Waals surface area contributed by atoms with Gasteiger partial charge in [0.2, 0.25) is 0 Å². The SMILES string of the molecule is CCCCc1cc(C(=O)OC)ccc1B1OC(C)(C)C(C)(C)O1. The zero-order valence-electron chi connectivity index (χ0n) is 15.1. The van der Waals surface area contributed by atoms with E-state index in [4.69, 9.17) is 14.0 Å². The number of carbonyl (C=O) groups is 1. The molecule has 4 nitrogen and oxygen atoms in total. The summed E-state index contributed by atoms with van der Waals surface area (Å²) >= 11 is 0. The number of hydrogen-bond acceptors (Lipinski definition) is 4. The summed E-state index contributed by atoms with van der Waals surface area (Å²) in [5.41, 5.74) is 1.92. The summed E-state index contributed by atoms with van der Waals surface area (Å²) in [7, 11) is 0.995. The highest BCUT2D eigenvalue weighted by atomic mass is 16.7. The molecule has 0 spiro atoms. The Kier molecular flexibility index (Phi) is 5.22. The fourth-order valence-corrected chi connectivity index (χ4v) is 2.63. The summed E-state index contributed by atoms with van der Waals surface area (Å²) in [6.45, 7) is 10.3. The molecule has 1 aliphatic rings. The molecule has 23 heavy (non-hydrogen) atoms. The van der Waals surface area contributed by atoms with E-state index in [2.05, 4.69) is 6.92 Å². The number of aryl methyl sites for hydroxylation is 1. The minimum atomic E-state index is -0.404. The molecule has 0 atom stereocenters. The lowest BCUT2D eigenvalue weighted by atomic mass is 9.74. The van der Waals surface area contributed by atoms with Crippen LogP contribution in [0.1, 0.15) is 63.4 Å². The zero-order chi connectivity index (χ0) is 17.3. The van der Waals surface area contributed by atoms with Crippen LogP contribution in [0.4, 0.5) is 0 Å². The van der Waals surface area contributed by atoms with Crippen LogP contribution < -0.4 is 5.46 Å². The maximum atomic E-state index is 11.8. The highest BCUT2D eigenvalue weighted by molar-refractivity contribution is 6.62. The van der Waals surface area contributed by atoms with Gasteiger partial charge in [-0.1, -0.05) is 19.4 Å². The Balaban J connectivity index is 2.36. The van der Waals surface area contributed by atoms with Gasteiger partial charge in [-0.2, -0.15) is 0 Å². The van der Waals surface area contributed by atoms with Crippen molar-refractivity contribution in [2.24, 2.45) is 0 Å². The molecule has 0 N–H and O–H groups in total. The van der Waals surface area contributed by atoms with Crippen molar-refractivity contribution >= 4 is 18.6 Å². The predicted molar refractivity (Wildman–Crippen MR) is 92.1 cm³/mol. The van der Waals surface area contributed by atoms with Gasteiger partial charge in [0.25, 0.3) is 0 Å². The average molecular weight is 318 g/mol. The van der Waals surface area contributed by atoms with E-state index in [1.807, 2.05) is 39.8 Å². The van der Waals surface area contributed by atoms with E-state index in [9.17, 15) is 4.79 Å². The average Bonchev–Trinajstić information content (AvgIpc) is 2.72. The molecular formula is C18H27BO4. The van der Waals surface area contributed by atoms with Gasteiger partial charge in [0.15, 0.2) is 0 Å². The van der Waals surface area contributed by atoms with Gasteiger partial charge >= 0.3 is 13.1 Å². The molecule has 1 aromatic rings. The zero-order valence-corrected chi connectivity index (χ0v) is 15.1. The van der Waals surface area contributed by atoms with Crippen molar-refractivity contribution < 1.29 is 18.8 Å². The van der Waals surface area contributed by atoms with Gasteiger partial charge in [-0.3, -0.25) is 0 Å². The van der Waals surface area contributed by atoms with Crippen LogP contribution in [0, 0.1) is 0 Å². The van der Waals surface area contributed by atoms with Gasteiger partial charge in [-0.25, -0.2) is 4.79 Å². The molecule has 1 heterocycles. The molecule has 1 saturated heterocycles. The molecule has 0 radical (unpaired) electrons. The van der Waals surface area contributed by atoms with Crippen molar-refractivity contribution in [3.8, 4) is 0 Å². The Hall–Kier alpha value is -1.33. The van der Waals surface area contributed by atoms with Gasteiger partial charge in [0.05, 0.1) is 23.9 Å². The Morgan fingerprint density at radius 2 is 1.78 bits per heavy atom. The van der Waals surface area contributed by atoms with E-state index in [0.29, 0.717) is 5.56 Å². The fraction of sp³-hybridized carbons (Fsp3) is 0.611. The molecule has 0 bridgehead atoms. The van der Waals surface area contributed by atoms with E-state index in [0.717, 1.165) is 30.3 Å². The molecule has 1 aromatic carbocycles. The summed E-state index contributed by atoms with van der Waals surface area (Å²) in [5, 5.41) is 0. The lowest BCUT2D eigenvalue weighted by molar-refractivity contribution is 0.00578. The second-order valence-corrected chi connectivity index (χ2v) is 7.10. The lowest BCUT2D eigenvalue weighted by Gasteiger charge is -2.32. The van der Waals surface area contributed by atoms with E-state index >= 15 is 0 Å².